The number of hydroxylamine groups is 1. The van der Waals surface area contributed by atoms with Crippen molar-refractivity contribution in [2.45, 2.75) is 6.04 Å². The number of rotatable bonds is 4. The molecular weight excluding hydrogens is 409 g/mol. The Morgan fingerprint density at radius 1 is 0.655 bits per heavy atom. The van der Waals surface area contributed by atoms with Gasteiger partial charge in [0.1, 0.15) is 6.04 Å². The Morgan fingerprint density at radius 2 is 1.14 bits per heavy atom. The first-order valence-corrected chi connectivity index (χ1v) is 10.6. The Morgan fingerprint density at radius 3 is 1.66 bits per heavy atom. The molecule has 1 atom stereocenters. The highest BCUT2D eigenvalue weighted by molar-refractivity contribution is 8.48. The van der Waals surface area contributed by atoms with Crippen LogP contribution in [-0.4, -0.2) is 0 Å². The third-order valence-corrected chi connectivity index (χ3v) is 5.71. The lowest BCUT2D eigenvalue weighted by Crippen LogP contribution is -2.26. The molecule has 29 heavy (non-hydrogen) atoms. The third-order valence-electron chi connectivity index (χ3n) is 4.47. The molecule has 3 aromatic rings. The Bertz CT molecular complexity index is 1050. The topological polar surface area (TPSA) is 12.5 Å². The molecule has 1 heterocycles. The highest BCUT2D eigenvalue weighted by atomic mass is 32.5. The normalized spacial score (nSPS) is 19.5. The van der Waals surface area contributed by atoms with Crippen LogP contribution in [0.3, 0.4) is 0 Å². The Labute approximate surface area is 164 Å². The standard InChI is InChI=1S/C21H16F5NOS/c22-29(23,24,25,26)21-19(16-10-4-1-5-11-16)27(18-14-8-3-9-15-18)28-20(21)17-12-6-2-7-13-17/h1-15,19H. The fraction of sp³-hybridized carbons (Fsp3) is 0.0476. The van der Waals surface area contributed by atoms with Crippen LogP contribution in [0.4, 0.5) is 25.1 Å². The average Bonchev–Trinajstić information content (AvgIpc) is 3.11. The van der Waals surface area contributed by atoms with Gasteiger partial charge in [-0.3, -0.25) is 0 Å². The minimum Gasteiger partial charge on any atom is -0.377 e. The SMILES string of the molecule is FS(F)(F)(F)(F)C1=C(c2ccccc2)ON(c2ccccc2)C1c1ccccc1. The summed E-state index contributed by atoms with van der Waals surface area (Å²) in [6.45, 7) is 0. The van der Waals surface area contributed by atoms with E-state index in [1.54, 1.807) is 30.3 Å². The summed E-state index contributed by atoms with van der Waals surface area (Å²) >= 11 is 0. The monoisotopic (exact) mass is 425 g/mol. The molecule has 152 valence electrons. The van der Waals surface area contributed by atoms with Gasteiger partial charge in [0, 0.05) is 5.56 Å². The van der Waals surface area contributed by atoms with E-state index in [0.29, 0.717) is 0 Å². The third kappa shape index (κ3) is 3.80. The van der Waals surface area contributed by atoms with Crippen molar-refractivity contribution in [1.82, 2.24) is 0 Å². The first-order chi connectivity index (χ1) is 13.5. The summed E-state index contributed by atoms with van der Waals surface area (Å²) < 4.78 is 71.6. The molecule has 0 bridgehead atoms. The van der Waals surface area contributed by atoms with Crippen LogP contribution in [0.15, 0.2) is 95.9 Å². The van der Waals surface area contributed by atoms with Gasteiger partial charge in [-0.25, -0.2) is 0 Å². The van der Waals surface area contributed by atoms with E-state index in [1.807, 2.05) is 0 Å². The molecule has 2 nitrogen and oxygen atoms in total. The molecule has 1 aliphatic rings. The minimum absolute atomic E-state index is 0.0468. The van der Waals surface area contributed by atoms with Crippen molar-refractivity contribution in [3.63, 3.8) is 0 Å². The minimum atomic E-state index is -10.1. The van der Waals surface area contributed by atoms with Gasteiger partial charge in [0.25, 0.3) is 0 Å². The summed E-state index contributed by atoms with van der Waals surface area (Å²) in [6.07, 6.45) is 0. The molecule has 0 spiro atoms. The van der Waals surface area contributed by atoms with Crippen LogP contribution in [0.1, 0.15) is 17.2 Å². The van der Waals surface area contributed by atoms with Crippen LogP contribution in [0, 0.1) is 0 Å². The lowest BCUT2D eigenvalue weighted by molar-refractivity contribution is 0.246. The predicted molar refractivity (Wildman–Crippen MR) is 106 cm³/mol. The van der Waals surface area contributed by atoms with Crippen molar-refractivity contribution in [1.29, 1.82) is 0 Å². The molecule has 1 aliphatic heterocycles. The average molecular weight is 425 g/mol. The largest absolute Gasteiger partial charge is 0.377 e. The van der Waals surface area contributed by atoms with Crippen molar-refractivity contribution in [3.8, 4) is 0 Å². The van der Waals surface area contributed by atoms with Crippen LogP contribution in [0.25, 0.3) is 5.76 Å². The fourth-order valence-electron chi connectivity index (χ4n) is 3.30. The van der Waals surface area contributed by atoms with Crippen molar-refractivity contribution in [2.75, 3.05) is 5.06 Å². The quantitative estimate of drug-likeness (QED) is 0.395. The van der Waals surface area contributed by atoms with Gasteiger partial charge in [-0.2, -0.15) is 5.06 Å². The van der Waals surface area contributed by atoms with E-state index in [0.717, 1.165) is 5.06 Å². The zero-order chi connectivity index (χ0) is 20.8. The van der Waals surface area contributed by atoms with E-state index in [2.05, 4.69) is 0 Å². The van der Waals surface area contributed by atoms with Crippen LogP contribution in [0.5, 0.6) is 0 Å². The van der Waals surface area contributed by atoms with Crippen LogP contribution in [0.2, 0.25) is 0 Å². The molecule has 0 aromatic heterocycles. The van der Waals surface area contributed by atoms with Gasteiger partial charge >= 0.3 is 10.2 Å². The van der Waals surface area contributed by atoms with Gasteiger partial charge in [-0.1, -0.05) is 98.3 Å². The lowest BCUT2D eigenvalue weighted by Gasteiger charge is -2.43. The zero-order valence-electron chi connectivity index (χ0n) is 14.9. The first kappa shape index (κ1) is 19.3. The summed E-state index contributed by atoms with van der Waals surface area (Å²) in [5, 5.41) is 0.894. The maximum atomic E-state index is 14.3. The molecular formula is C21H16F5NOS. The van der Waals surface area contributed by atoms with E-state index in [1.165, 1.54) is 60.7 Å². The molecule has 3 aromatic carbocycles. The first-order valence-electron chi connectivity index (χ1n) is 8.65. The van der Waals surface area contributed by atoms with E-state index >= 15 is 0 Å². The van der Waals surface area contributed by atoms with E-state index in [-0.39, 0.29) is 16.8 Å². The zero-order valence-corrected chi connectivity index (χ0v) is 15.7. The molecule has 0 saturated heterocycles. The van der Waals surface area contributed by atoms with E-state index < -0.39 is 26.9 Å². The van der Waals surface area contributed by atoms with Gasteiger partial charge in [0.15, 0.2) is 10.7 Å². The smallest absolute Gasteiger partial charge is 0.312 e. The number of para-hydroxylation sites is 1. The Hall–Kier alpha value is -3.00. The van der Waals surface area contributed by atoms with Crippen molar-refractivity contribution < 1.29 is 24.3 Å². The fourth-order valence-corrected chi connectivity index (χ4v) is 4.46. The van der Waals surface area contributed by atoms with Gasteiger partial charge in [0.2, 0.25) is 0 Å². The summed E-state index contributed by atoms with van der Waals surface area (Å²) in [5.41, 5.74) is 0.201. The molecule has 4 rings (SSSR count). The molecule has 0 fully saturated rings. The maximum Gasteiger partial charge on any atom is 0.312 e. The summed E-state index contributed by atoms with van der Waals surface area (Å²) in [5.74, 6) is -0.887. The highest BCUT2D eigenvalue weighted by Crippen LogP contribution is 3.04. The van der Waals surface area contributed by atoms with Crippen molar-refractivity contribution >= 4 is 21.7 Å². The van der Waals surface area contributed by atoms with Crippen LogP contribution in [-0.2, 0) is 4.84 Å². The predicted octanol–water partition coefficient (Wildman–Crippen LogP) is 7.85. The van der Waals surface area contributed by atoms with Crippen molar-refractivity contribution in [3.05, 3.63) is 107 Å². The molecule has 8 heteroatoms. The second-order valence-electron chi connectivity index (χ2n) is 6.59. The highest BCUT2D eigenvalue weighted by Gasteiger charge is 2.73. The number of anilines is 1. The van der Waals surface area contributed by atoms with Gasteiger partial charge < -0.3 is 4.84 Å². The summed E-state index contributed by atoms with van der Waals surface area (Å²) in [6, 6.07) is 20.5. The summed E-state index contributed by atoms with van der Waals surface area (Å²) in [4.78, 5) is 3.56. The second kappa shape index (κ2) is 6.00. The number of nitrogens with zero attached hydrogens (tertiary/aromatic N) is 1. The Balaban J connectivity index is 2.02. The molecule has 0 saturated carbocycles. The number of hydrogen-bond donors (Lipinski definition) is 0. The molecule has 1 unspecified atom stereocenters. The summed E-state index contributed by atoms with van der Waals surface area (Å²) in [7, 11) is -10.1. The number of hydrogen-bond acceptors (Lipinski definition) is 2. The number of benzene rings is 3. The van der Waals surface area contributed by atoms with Gasteiger partial charge in [0.05, 0.1) is 5.69 Å². The van der Waals surface area contributed by atoms with Crippen LogP contribution < -0.4 is 5.06 Å². The maximum absolute atomic E-state index is 14.3. The van der Waals surface area contributed by atoms with Crippen molar-refractivity contribution in [2.24, 2.45) is 0 Å². The van der Waals surface area contributed by atoms with E-state index in [9.17, 15) is 19.4 Å². The number of halogens is 5. The molecule has 0 radical (unpaired) electrons. The molecule has 0 N–H and O–H groups in total. The van der Waals surface area contributed by atoms with E-state index in [4.69, 9.17) is 4.84 Å². The molecule has 0 aliphatic carbocycles. The van der Waals surface area contributed by atoms with Crippen LogP contribution >= 0.6 is 10.2 Å². The Kier molecular flexibility index (Phi) is 4.00. The lowest BCUT2D eigenvalue weighted by atomic mass is 10.0. The second-order valence-corrected chi connectivity index (χ2v) is 8.97. The van der Waals surface area contributed by atoms with Gasteiger partial charge in [-0.15, -0.1) is 0 Å². The molecule has 0 amide bonds. The van der Waals surface area contributed by atoms with Gasteiger partial charge in [-0.05, 0) is 17.7 Å².